The van der Waals surface area contributed by atoms with Crippen LogP contribution in [0.5, 0.6) is 0 Å². The van der Waals surface area contributed by atoms with Gasteiger partial charge in [0.05, 0.1) is 12.6 Å². The standard InChI is InChI=1S/C4H8FNO/c1-2-4(7)3-6-5/h2,4,6-7H,1,3H2. The third-order valence-electron chi connectivity index (χ3n) is 0.558. The van der Waals surface area contributed by atoms with E-state index in [4.69, 9.17) is 5.11 Å². The molecule has 0 rings (SSSR count). The summed E-state index contributed by atoms with van der Waals surface area (Å²) in [5, 5.41) is 8.44. The number of hydrogen-bond donors (Lipinski definition) is 2. The Balaban J connectivity index is 2.98. The fourth-order valence-corrected chi connectivity index (χ4v) is 0.162. The van der Waals surface area contributed by atoms with Crippen molar-refractivity contribution in [3.05, 3.63) is 12.7 Å². The maximum absolute atomic E-state index is 11.0. The molecule has 0 aromatic rings. The molecule has 0 radical (unpaired) electrons. The molecule has 0 amide bonds. The van der Waals surface area contributed by atoms with Crippen LogP contribution in [0.15, 0.2) is 12.7 Å². The molecule has 0 aliphatic carbocycles. The summed E-state index contributed by atoms with van der Waals surface area (Å²) in [5.41, 5.74) is 1.30. The lowest BCUT2D eigenvalue weighted by Crippen LogP contribution is -2.17. The molecule has 0 saturated heterocycles. The summed E-state index contributed by atoms with van der Waals surface area (Å²) >= 11 is 0. The van der Waals surface area contributed by atoms with Crippen LogP contribution in [0.2, 0.25) is 0 Å². The number of nitrogens with one attached hydrogen (secondary N) is 1. The van der Waals surface area contributed by atoms with Gasteiger partial charge < -0.3 is 5.11 Å². The number of rotatable bonds is 3. The van der Waals surface area contributed by atoms with Crippen LogP contribution in [-0.2, 0) is 0 Å². The molecule has 1 atom stereocenters. The third kappa shape index (κ3) is 3.42. The molecule has 2 N–H and O–H groups in total. The lowest BCUT2D eigenvalue weighted by Gasteiger charge is -1.97. The van der Waals surface area contributed by atoms with Gasteiger partial charge in [-0.05, 0) is 0 Å². The van der Waals surface area contributed by atoms with Crippen molar-refractivity contribution in [1.29, 1.82) is 0 Å². The topological polar surface area (TPSA) is 32.3 Å². The highest BCUT2D eigenvalue weighted by Gasteiger charge is 1.92. The molecule has 0 spiro atoms. The van der Waals surface area contributed by atoms with Crippen LogP contribution < -0.4 is 5.54 Å². The third-order valence-corrected chi connectivity index (χ3v) is 0.558. The van der Waals surface area contributed by atoms with E-state index in [-0.39, 0.29) is 6.54 Å². The van der Waals surface area contributed by atoms with Gasteiger partial charge in [0.2, 0.25) is 0 Å². The molecule has 0 aliphatic rings. The lowest BCUT2D eigenvalue weighted by atomic mass is 10.4. The number of halogens is 1. The summed E-state index contributed by atoms with van der Waals surface area (Å²) in [4.78, 5) is 0. The molecule has 0 fully saturated rings. The SMILES string of the molecule is C=CC(O)CNF. The second kappa shape index (κ2) is 3.77. The number of aliphatic hydroxyl groups is 1. The fraction of sp³-hybridized carbons (Fsp3) is 0.500. The van der Waals surface area contributed by atoms with E-state index in [0.29, 0.717) is 0 Å². The highest BCUT2D eigenvalue weighted by atomic mass is 19.2. The average molecular weight is 105 g/mol. The molecule has 0 aromatic heterocycles. The van der Waals surface area contributed by atoms with Crippen LogP contribution in [0.4, 0.5) is 4.48 Å². The molecular weight excluding hydrogens is 97.0 g/mol. The number of aliphatic hydroxyl groups excluding tert-OH is 1. The van der Waals surface area contributed by atoms with Crippen molar-refractivity contribution in [2.45, 2.75) is 6.10 Å². The van der Waals surface area contributed by atoms with E-state index in [1.54, 1.807) is 0 Å². The van der Waals surface area contributed by atoms with Gasteiger partial charge >= 0.3 is 0 Å². The maximum atomic E-state index is 11.0. The Hall–Kier alpha value is -0.410. The number of hydrogen-bond acceptors (Lipinski definition) is 2. The highest BCUT2D eigenvalue weighted by Crippen LogP contribution is 1.77. The first-order chi connectivity index (χ1) is 3.31. The van der Waals surface area contributed by atoms with E-state index in [2.05, 4.69) is 6.58 Å². The van der Waals surface area contributed by atoms with E-state index < -0.39 is 6.10 Å². The van der Waals surface area contributed by atoms with E-state index in [1.807, 2.05) is 0 Å². The Morgan fingerprint density at radius 3 is 2.71 bits per heavy atom. The zero-order valence-corrected chi connectivity index (χ0v) is 3.89. The molecule has 0 heterocycles. The summed E-state index contributed by atoms with van der Waals surface area (Å²) in [6, 6.07) is 0. The van der Waals surface area contributed by atoms with Crippen molar-refractivity contribution in [2.75, 3.05) is 6.54 Å². The van der Waals surface area contributed by atoms with Gasteiger partial charge in [-0.15, -0.1) is 11.1 Å². The van der Waals surface area contributed by atoms with Crippen LogP contribution in [-0.4, -0.2) is 17.8 Å². The molecule has 0 saturated carbocycles. The van der Waals surface area contributed by atoms with Crippen molar-refractivity contribution in [3.8, 4) is 0 Å². The Morgan fingerprint density at radius 1 is 2.00 bits per heavy atom. The van der Waals surface area contributed by atoms with Crippen molar-refractivity contribution >= 4 is 0 Å². The summed E-state index contributed by atoms with van der Waals surface area (Å²) in [5.74, 6) is 0. The molecule has 42 valence electrons. The van der Waals surface area contributed by atoms with E-state index >= 15 is 0 Å². The molecular formula is C4H8FNO. The molecule has 2 nitrogen and oxygen atoms in total. The second-order valence-electron chi connectivity index (χ2n) is 1.14. The van der Waals surface area contributed by atoms with E-state index in [1.165, 1.54) is 11.6 Å². The summed E-state index contributed by atoms with van der Waals surface area (Å²) < 4.78 is 11.0. The maximum Gasteiger partial charge on any atom is 0.0868 e. The van der Waals surface area contributed by atoms with Gasteiger partial charge in [0.1, 0.15) is 0 Å². The van der Waals surface area contributed by atoms with Gasteiger partial charge in [-0.25, -0.2) is 0 Å². The van der Waals surface area contributed by atoms with Gasteiger partial charge in [-0.3, -0.25) is 0 Å². The van der Waals surface area contributed by atoms with Crippen molar-refractivity contribution in [1.82, 2.24) is 5.54 Å². The van der Waals surface area contributed by atoms with Crippen LogP contribution >= 0.6 is 0 Å². The predicted molar refractivity (Wildman–Crippen MR) is 25.3 cm³/mol. The Kier molecular flexibility index (Phi) is 3.55. The minimum absolute atomic E-state index is 0.0799. The molecule has 1 unspecified atom stereocenters. The molecule has 0 aliphatic heterocycles. The normalized spacial score (nSPS) is 13.4. The molecule has 0 bridgehead atoms. The average Bonchev–Trinajstić information content (AvgIpc) is 1.68. The Morgan fingerprint density at radius 2 is 2.57 bits per heavy atom. The zero-order valence-electron chi connectivity index (χ0n) is 3.89. The first-order valence-corrected chi connectivity index (χ1v) is 1.95. The van der Waals surface area contributed by atoms with Crippen LogP contribution in [0.3, 0.4) is 0 Å². The summed E-state index contributed by atoms with van der Waals surface area (Å²) in [7, 11) is 0. The lowest BCUT2D eigenvalue weighted by molar-refractivity contribution is 0.182. The van der Waals surface area contributed by atoms with Crippen molar-refractivity contribution in [3.63, 3.8) is 0 Å². The highest BCUT2D eigenvalue weighted by molar-refractivity contribution is 4.77. The fourth-order valence-electron chi connectivity index (χ4n) is 0.162. The minimum atomic E-state index is -0.773. The quantitative estimate of drug-likeness (QED) is 0.391. The monoisotopic (exact) mass is 105 g/mol. The van der Waals surface area contributed by atoms with Gasteiger partial charge in [0.15, 0.2) is 0 Å². The first-order valence-electron chi connectivity index (χ1n) is 1.95. The predicted octanol–water partition coefficient (Wildman–Crippen LogP) is 0.00740. The van der Waals surface area contributed by atoms with Crippen LogP contribution in [0, 0.1) is 0 Å². The van der Waals surface area contributed by atoms with Crippen molar-refractivity contribution < 1.29 is 9.59 Å². The largest absolute Gasteiger partial charge is 0.388 e. The smallest absolute Gasteiger partial charge is 0.0868 e. The van der Waals surface area contributed by atoms with Crippen LogP contribution in [0.25, 0.3) is 0 Å². The van der Waals surface area contributed by atoms with Crippen molar-refractivity contribution in [2.24, 2.45) is 0 Å². The molecule has 7 heavy (non-hydrogen) atoms. The zero-order chi connectivity index (χ0) is 5.70. The summed E-state index contributed by atoms with van der Waals surface area (Å²) in [6.07, 6.45) is 0.483. The molecule has 3 heteroatoms. The van der Waals surface area contributed by atoms with Gasteiger partial charge in [0, 0.05) is 0 Å². The Labute approximate surface area is 41.6 Å². The van der Waals surface area contributed by atoms with E-state index in [0.717, 1.165) is 0 Å². The summed E-state index contributed by atoms with van der Waals surface area (Å²) in [6.45, 7) is 3.14. The minimum Gasteiger partial charge on any atom is -0.388 e. The first kappa shape index (κ1) is 6.59. The van der Waals surface area contributed by atoms with Gasteiger partial charge in [0.25, 0.3) is 0 Å². The van der Waals surface area contributed by atoms with Gasteiger partial charge in [-0.2, -0.15) is 5.54 Å². The van der Waals surface area contributed by atoms with Crippen LogP contribution in [0.1, 0.15) is 0 Å². The van der Waals surface area contributed by atoms with E-state index in [9.17, 15) is 4.48 Å². The Bertz CT molecular complexity index is 57.7. The van der Waals surface area contributed by atoms with Gasteiger partial charge in [-0.1, -0.05) is 6.08 Å². The second-order valence-corrected chi connectivity index (χ2v) is 1.14. The molecule has 0 aromatic carbocycles.